The maximum atomic E-state index is 14.6. The molecule has 0 saturated carbocycles. The number of carbonyl (C=O) groups excluding carboxylic acids is 1. The van der Waals surface area contributed by atoms with Crippen molar-refractivity contribution in [1.82, 2.24) is 15.0 Å². The van der Waals surface area contributed by atoms with Crippen LogP contribution in [0.1, 0.15) is 29.7 Å². The van der Waals surface area contributed by atoms with Crippen molar-refractivity contribution < 1.29 is 9.18 Å². The second kappa shape index (κ2) is 10.0. The Morgan fingerprint density at radius 2 is 1.80 bits per heavy atom. The Hall–Kier alpha value is -4.07. The number of anilines is 3. The van der Waals surface area contributed by atoms with Gasteiger partial charge in [-0.1, -0.05) is 30.3 Å². The second-order valence-electron chi connectivity index (χ2n) is 8.73. The summed E-state index contributed by atoms with van der Waals surface area (Å²) < 4.78 is 14.6. The summed E-state index contributed by atoms with van der Waals surface area (Å²) in [6.45, 7) is 3.86. The van der Waals surface area contributed by atoms with Gasteiger partial charge in [-0.05, 0) is 55.2 Å². The summed E-state index contributed by atoms with van der Waals surface area (Å²) >= 11 is 0. The molecule has 4 aromatic rings. The monoisotopic (exact) mass is 470 g/mol. The van der Waals surface area contributed by atoms with Crippen molar-refractivity contribution in [3.05, 3.63) is 83.4 Å². The van der Waals surface area contributed by atoms with E-state index in [4.69, 9.17) is 0 Å². The van der Waals surface area contributed by atoms with Crippen molar-refractivity contribution in [1.29, 1.82) is 0 Å². The van der Waals surface area contributed by atoms with Crippen LogP contribution < -0.4 is 15.5 Å². The molecular weight excluding hydrogens is 443 g/mol. The molecule has 0 spiro atoms. The van der Waals surface area contributed by atoms with Crippen LogP contribution in [0.15, 0.2) is 60.8 Å². The van der Waals surface area contributed by atoms with Gasteiger partial charge in [-0.15, -0.1) is 0 Å². The van der Waals surface area contributed by atoms with Gasteiger partial charge >= 0.3 is 0 Å². The first-order chi connectivity index (χ1) is 17.1. The third kappa shape index (κ3) is 5.21. The normalized spacial score (nSPS) is 13.3. The summed E-state index contributed by atoms with van der Waals surface area (Å²) in [4.78, 5) is 27.8. The van der Waals surface area contributed by atoms with Gasteiger partial charge in [-0.2, -0.15) is 4.98 Å². The first-order valence-electron chi connectivity index (χ1n) is 11.8. The molecule has 1 fully saturated rings. The van der Waals surface area contributed by atoms with E-state index in [0.29, 0.717) is 23.9 Å². The number of nitrogens with one attached hydrogen (secondary N) is 2. The van der Waals surface area contributed by atoms with E-state index in [1.807, 2.05) is 54.6 Å². The lowest BCUT2D eigenvalue weighted by Gasteiger charge is -2.17. The quantitative estimate of drug-likeness (QED) is 0.401. The second-order valence-corrected chi connectivity index (χ2v) is 8.73. The number of benzene rings is 2. The van der Waals surface area contributed by atoms with Crippen LogP contribution in [-0.2, 0) is 17.8 Å². The summed E-state index contributed by atoms with van der Waals surface area (Å²) in [5.41, 5.74) is 3.80. The number of rotatable bonds is 7. The van der Waals surface area contributed by atoms with Crippen molar-refractivity contribution in [3.8, 4) is 0 Å². The zero-order valence-electron chi connectivity index (χ0n) is 19.6. The van der Waals surface area contributed by atoms with Gasteiger partial charge < -0.3 is 15.5 Å². The van der Waals surface area contributed by atoms with Crippen LogP contribution in [0.5, 0.6) is 0 Å². The lowest BCUT2D eigenvalue weighted by molar-refractivity contribution is -0.115. The van der Waals surface area contributed by atoms with Crippen LogP contribution in [0.3, 0.4) is 0 Å². The highest BCUT2D eigenvalue weighted by Gasteiger charge is 2.19. The molecule has 1 saturated heterocycles. The van der Waals surface area contributed by atoms with Crippen molar-refractivity contribution in [2.45, 2.75) is 32.7 Å². The van der Waals surface area contributed by atoms with Crippen LogP contribution in [0, 0.1) is 12.7 Å². The topological polar surface area (TPSA) is 83.0 Å². The number of para-hydroxylation sites is 1. The lowest BCUT2D eigenvalue weighted by atomic mass is 10.1. The standard InChI is InChI=1S/C27H27FN6O/c1-18-25(28)26(33-27(31-18)34-14-4-5-15-34)30-17-19-8-10-21(11-9-19)32-24(35)16-20-12-13-29-23-7-3-2-6-22(20)23/h2-3,6-13H,4-5,14-17H2,1H3,(H,32,35)(H,30,31,33). The predicted molar refractivity (Wildman–Crippen MR) is 136 cm³/mol. The van der Waals surface area contributed by atoms with Gasteiger partial charge in [0.15, 0.2) is 11.6 Å². The molecule has 3 heterocycles. The average Bonchev–Trinajstić information content (AvgIpc) is 3.41. The number of halogens is 1. The van der Waals surface area contributed by atoms with Gasteiger partial charge in [0.25, 0.3) is 0 Å². The summed E-state index contributed by atoms with van der Waals surface area (Å²) in [6.07, 6.45) is 4.19. The number of pyridine rings is 1. The predicted octanol–water partition coefficient (Wildman–Crippen LogP) is 4.87. The third-order valence-corrected chi connectivity index (χ3v) is 6.18. The molecule has 1 aliphatic rings. The molecular formula is C27H27FN6O. The number of hydrogen-bond acceptors (Lipinski definition) is 6. The Morgan fingerprint density at radius 3 is 2.60 bits per heavy atom. The van der Waals surface area contributed by atoms with Gasteiger partial charge in [0, 0.05) is 36.9 Å². The lowest BCUT2D eigenvalue weighted by Crippen LogP contribution is -2.22. The molecule has 0 radical (unpaired) electrons. The molecule has 8 heteroatoms. The number of fused-ring (bicyclic) bond motifs is 1. The highest BCUT2D eigenvalue weighted by atomic mass is 19.1. The Labute approximate surface area is 203 Å². The summed E-state index contributed by atoms with van der Waals surface area (Å²) in [6, 6.07) is 17.2. The average molecular weight is 471 g/mol. The Morgan fingerprint density at radius 1 is 1.03 bits per heavy atom. The van der Waals surface area contributed by atoms with Crippen LogP contribution in [-0.4, -0.2) is 33.9 Å². The highest BCUT2D eigenvalue weighted by molar-refractivity contribution is 5.95. The van der Waals surface area contributed by atoms with E-state index in [0.717, 1.165) is 48.0 Å². The van der Waals surface area contributed by atoms with Crippen LogP contribution >= 0.6 is 0 Å². The van der Waals surface area contributed by atoms with Gasteiger partial charge in [0.05, 0.1) is 17.6 Å². The molecule has 2 N–H and O–H groups in total. The molecule has 5 rings (SSSR count). The van der Waals surface area contributed by atoms with Crippen molar-refractivity contribution in [3.63, 3.8) is 0 Å². The largest absolute Gasteiger partial charge is 0.363 e. The first-order valence-corrected chi connectivity index (χ1v) is 11.8. The zero-order chi connectivity index (χ0) is 24.2. The van der Waals surface area contributed by atoms with E-state index in [9.17, 15) is 9.18 Å². The molecule has 35 heavy (non-hydrogen) atoms. The molecule has 0 aliphatic carbocycles. The van der Waals surface area contributed by atoms with E-state index in [2.05, 4.69) is 30.5 Å². The molecule has 1 aliphatic heterocycles. The molecule has 0 unspecified atom stereocenters. The number of aromatic nitrogens is 3. The maximum absolute atomic E-state index is 14.6. The minimum Gasteiger partial charge on any atom is -0.363 e. The summed E-state index contributed by atoms with van der Waals surface area (Å²) in [5.74, 6) is 0.256. The molecule has 7 nitrogen and oxygen atoms in total. The summed E-state index contributed by atoms with van der Waals surface area (Å²) in [5, 5.41) is 7.02. The molecule has 178 valence electrons. The Kier molecular flexibility index (Phi) is 6.52. The molecule has 2 aromatic carbocycles. The third-order valence-electron chi connectivity index (χ3n) is 6.18. The molecule has 0 bridgehead atoms. The number of amides is 1. The fraction of sp³-hybridized carbons (Fsp3) is 0.259. The molecule has 1 amide bonds. The van der Waals surface area contributed by atoms with E-state index in [1.165, 1.54) is 0 Å². The van der Waals surface area contributed by atoms with E-state index in [-0.39, 0.29) is 18.1 Å². The zero-order valence-corrected chi connectivity index (χ0v) is 19.6. The van der Waals surface area contributed by atoms with Crippen LogP contribution in [0.25, 0.3) is 10.9 Å². The Balaban J connectivity index is 1.21. The van der Waals surface area contributed by atoms with Crippen LogP contribution in [0.2, 0.25) is 0 Å². The smallest absolute Gasteiger partial charge is 0.228 e. The molecule has 2 aromatic heterocycles. The van der Waals surface area contributed by atoms with Crippen molar-refractivity contribution in [2.75, 3.05) is 28.6 Å². The molecule has 0 atom stereocenters. The van der Waals surface area contributed by atoms with Gasteiger partial charge in [0.1, 0.15) is 0 Å². The van der Waals surface area contributed by atoms with Crippen LogP contribution in [0.4, 0.5) is 21.8 Å². The minimum atomic E-state index is -0.430. The number of aryl methyl sites for hydroxylation is 1. The summed E-state index contributed by atoms with van der Waals surface area (Å²) in [7, 11) is 0. The van der Waals surface area contributed by atoms with Gasteiger partial charge in [0.2, 0.25) is 11.9 Å². The fourth-order valence-electron chi connectivity index (χ4n) is 4.30. The fourth-order valence-corrected chi connectivity index (χ4v) is 4.30. The van der Waals surface area contributed by atoms with Crippen molar-refractivity contribution >= 4 is 34.3 Å². The minimum absolute atomic E-state index is 0.0970. The maximum Gasteiger partial charge on any atom is 0.228 e. The van der Waals surface area contributed by atoms with Gasteiger partial charge in [-0.3, -0.25) is 9.78 Å². The van der Waals surface area contributed by atoms with Gasteiger partial charge in [-0.25, -0.2) is 9.37 Å². The SMILES string of the molecule is Cc1nc(N2CCCC2)nc(NCc2ccc(NC(=O)Cc3ccnc4ccccc34)cc2)c1F. The number of carbonyl (C=O) groups is 1. The Bertz CT molecular complexity index is 1350. The first kappa shape index (κ1) is 22.7. The number of hydrogen-bond donors (Lipinski definition) is 2. The highest BCUT2D eigenvalue weighted by Crippen LogP contribution is 2.23. The number of nitrogens with zero attached hydrogens (tertiary/aromatic N) is 4. The van der Waals surface area contributed by atoms with Crippen molar-refractivity contribution in [2.24, 2.45) is 0 Å². The van der Waals surface area contributed by atoms with E-state index in [1.54, 1.807) is 13.1 Å². The van der Waals surface area contributed by atoms with E-state index < -0.39 is 5.82 Å². The van der Waals surface area contributed by atoms with E-state index >= 15 is 0 Å².